The summed E-state index contributed by atoms with van der Waals surface area (Å²) < 4.78 is 0.882. The number of halogens is 1. The second-order valence-corrected chi connectivity index (χ2v) is 5.68. The number of hydrogen-bond donors (Lipinski definition) is 3. The molecular formula is C15H12BrN3O2S. The van der Waals surface area contributed by atoms with Gasteiger partial charge in [0.2, 0.25) is 5.91 Å². The molecule has 0 aromatic heterocycles. The highest BCUT2D eigenvalue weighted by Crippen LogP contribution is 2.11. The van der Waals surface area contributed by atoms with Gasteiger partial charge in [-0.2, -0.15) is 0 Å². The molecule has 0 radical (unpaired) electrons. The molecule has 2 aromatic rings. The number of nitrogens with one attached hydrogen (secondary N) is 2. The maximum absolute atomic E-state index is 12.0. The minimum absolute atomic E-state index is 0.134. The lowest BCUT2D eigenvalue weighted by Gasteiger charge is -2.10. The Morgan fingerprint density at radius 3 is 2.36 bits per heavy atom. The monoisotopic (exact) mass is 377 g/mol. The molecule has 0 aliphatic carbocycles. The molecule has 5 nitrogen and oxygen atoms in total. The van der Waals surface area contributed by atoms with Crippen molar-refractivity contribution < 1.29 is 9.59 Å². The zero-order chi connectivity index (χ0) is 16.1. The van der Waals surface area contributed by atoms with Crippen molar-refractivity contribution in [3.05, 3.63) is 64.1 Å². The number of benzene rings is 2. The topological polar surface area (TPSA) is 84.2 Å². The first-order chi connectivity index (χ1) is 10.5. The normalized spacial score (nSPS) is 9.86. The van der Waals surface area contributed by atoms with Gasteiger partial charge < -0.3 is 11.1 Å². The molecule has 0 aliphatic heterocycles. The van der Waals surface area contributed by atoms with Crippen LogP contribution in [-0.4, -0.2) is 16.9 Å². The Bertz CT molecular complexity index is 732. The van der Waals surface area contributed by atoms with E-state index in [2.05, 4.69) is 26.6 Å². The number of anilines is 1. The SMILES string of the molecule is NC(=O)c1cccc(NC(=S)NC(=O)c2ccc(Br)cc2)c1. The van der Waals surface area contributed by atoms with Crippen molar-refractivity contribution in [1.82, 2.24) is 5.32 Å². The summed E-state index contributed by atoms with van der Waals surface area (Å²) >= 11 is 8.38. The number of hydrogen-bond acceptors (Lipinski definition) is 3. The zero-order valence-electron chi connectivity index (χ0n) is 11.3. The molecule has 0 atom stereocenters. The largest absolute Gasteiger partial charge is 0.366 e. The third kappa shape index (κ3) is 4.37. The average Bonchev–Trinajstić information content (AvgIpc) is 2.47. The molecule has 0 bridgehead atoms. The second-order valence-electron chi connectivity index (χ2n) is 4.36. The Labute approximate surface area is 141 Å². The fourth-order valence-electron chi connectivity index (χ4n) is 1.69. The van der Waals surface area contributed by atoms with E-state index in [1.807, 2.05) is 0 Å². The van der Waals surface area contributed by atoms with Crippen LogP contribution >= 0.6 is 28.1 Å². The first kappa shape index (κ1) is 16.1. The Morgan fingerprint density at radius 2 is 1.73 bits per heavy atom. The highest BCUT2D eigenvalue weighted by molar-refractivity contribution is 9.10. The van der Waals surface area contributed by atoms with Crippen LogP contribution in [-0.2, 0) is 0 Å². The van der Waals surface area contributed by atoms with Crippen LogP contribution in [0.3, 0.4) is 0 Å². The highest BCUT2D eigenvalue weighted by atomic mass is 79.9. The molecule has 112 valence electrons. The molecule has 0 aliphatic rings. The maximum Gasteiger partial charge on any atom is 0.257 e. The van der Waals surface area contributed by atoms with Crippen molar-refractivity contribution in [3.63, 3.8) is 0 Å². The van der Waals surface area contributed by atoms with E-state index in [4.69, 9.17) is 18.0 Å². The number of thiocarbonyl (C=S) groups is 1. The summed E-state index contributed by atoms with van der Waals surface area (Å²) in [6, 6.07) is 13.4. The molecule has 0 heterocycles. The number of carbonyl (C=O) groups excluding carboxylic acids is 2. The van der Waals surface area contributed by atoms with E-state index in [1.54, 1.807) is 48.5 Å². The Kier molecular flexibility index (Phi) is 5.24. The molecule has 2 rings (SSSR count). The highest BCUT2D eigenvalue weighted by Gasteiger charge is 2.08. The van der Waals surface area contributed by atoms with E-state index < -0.39 is 5.91 Å². The van der Waals surface area contributed by atoms with Crippen LogP contribution in [0.5, 0.6) is 0 Å². The molecule has 0 spiro atoms. The minimum atomic E-state index is -0.534. The minimum Gasteiger partial charge on any atom is -0.366 e. The number of amides is 2. The predicted octanol–water partition coefficient (Wildman–Crippen LogP) is 2.67. The molecule has 0 saturated carbocycles. The van der Waals surface area contributed by atoms with Crippen LogP contribution in [0.4, 0.5) is 5.69 Å². The fraction of sp³-hybridized carbons (Fsp3) is 0. The average molecular weight is 378 g/mol. The van der Waals surface area contributed by atoms with Crippen molar-refractivity contribution in [2.75, 3.05) is 5.32 Å². The summed E-state index contributed by atoms with van der Waals surface area (Å²) in [5, 5.41) is 5.53. The van der Waals surface area contributed by atoms with Gasteiger partial charge in [-0.05, 0) is 54.7 Å². The second kappa shape index (κ2) is 7.15. The standard InChI is InChI=1S/C15H12BrN3O2S/c16-11-6-4-9(5-7-11)14(21)19-15(22)18-12-3-1-2-10(8-12)13(17)20/h1-8H,(H2,17,20)(H2,18,19,21,22). The van der Waals surface area contributed by atoms with Crippen LogP contribution < -0.4 is 16.4 Å². The van der Waals surface area contributed by atoms with Gasteiger partial charge in [-0.3, -0.25) is 14.9 Å². The van der Waals surface area contributed by atoms with Crippen molar-refractivity contribution in [1.29, 1.82) is 0 Å². The number of carbonyl (C=O) groups is 2. The Balaban J connectivity index is 2.01. The van der Waals surface area contributed by atoms with E-state index in [0.717, 1.165) is 4.47 Å². The molecule has 0 saturated heterocycles. The molecule has 22 heavy (non-hydrogen) atoms. The van der Waals surface area contributed by atoms with Crippen LogP contribution in [0.25, 0.3) is 0 Å². The van der Waals surface area contributed by atoms with Crippen molar-refractivity contribution in [2.45, 2.75) is 0 Å². The first-order valence-corrected chi connectivity index (χ1v) is 7.43. The van der Waals surface area contributed by atoms with Crippen LogP contribution in [0.2, 0.25) is 0 Å². The summed E-state index contributed by atoms with van der Waals surface area (Å²) in [5.41, 5.74) is 6.61. The fourth-order valence-corrected chi connectivity index (χ4v) is 2.16. The van der Waals surface area contributed by atoms with E-state index in [0.29, 0.717) is 16.8 Å². The number of rotatable bonds is 3. The number of nitrogens with two attached hydrogens (primary N) is 1. The first-order valence-electron chi connectivity index (χ1n) is 6.23. The van der Waals surface area contributed by atoms with Gasteiger partial charge in [0.25, 0.3) is 5.91 Å². The summed E-state index contributed by atoms with van der Waals surface area (Å²) in [7, 11) is 0. The lowest BCUT2D eigenvalue weighted by molar-refractivity contribution is 0.0975. The van der Waals surface area contributed by atoms with Crippen LogP contribution in [0.15, 0.2) is 53.0 Å². The summed E-state index contributed by atoms with van der Waals surface area (Å²) in [5.74, 6) is -0.857. The lowest BCUT2D eigenvalue weighted by Crippen LogP contribution is -2.34. The van der Waals surface area contributed by atoms with Crippen LogP contribution in [0.1, 0.15) is 20.7 Å². The Morgan fingerprint density at radius 1 is 1.05 bits per heavy atom. The molecule has 0 fully saturated rings. The molecular weight excluding hydrogens is 366 g/mol. The van der Waals surface area contributed by atoms with Gasteiger partial charge in [0.1, 0.15) is 0 Å². The van der Waals surface area contributed by atoms with Gasteiger partial charge in [-0.15, -0.1) is 0 Å². The maximum atomic E-state index is 12.0. The summed E-state index contributed by atoms with van der Waals surface area (Å²) in [6.45, 7) is 0. The van der Waals surface area contributed by atoms with E-state index in [9.17, 15) is 9.59 Å². The van der Waals surface area contributed by atoms with Gasteiger partial charge in [0.05, 0.1) is 0 Å². The molecule has 0 unspecified atom stereocenters. The summed E-state index contributed by atoms with van der Waals surface area (Å²) in [6.07, 6.45) is 0. The Hall–Kier alpha value is -2.25. The van der Waals surface area contributed by atoms with Crippen molar-refractivity contribution >= 4 is 50.8 Å². The molecule has 7 heteroatoms. The number of primary amides is 1. The van der Waals surface area contributed by atoms with Gasteiger partial charge in [0, 0.05) is 21.3 Å². The molecule has 4 N–H and O–H groups in total. The van der Waals surface area contributed by atoms with Crippen molar-refractivity contribution in [2.24, 2.45) is 5.73 Å². The van der Waals surface area contributed by atoms with Crippen LogP contribution in [0, 0.1) is 0 Å². The van der Waals surface area contributed by atoms with Crippen molar-refractivity contribution in [3.8, 4) is 0 Å². The zero-order valence-corrected chi connectivity index (χ0v) is 13.7. The lowest BCUT2D eigenvalue weighted by atomic mass is 10.2. The quantitative estimate of drug-likeness (QED) is 0.717. The predicted molar refractivity (Wildman–Crippen MR) is 92.8 cm³/mol. The van der Waals surface area contributed by atoms with E-state index in [1.165, 1.54) is 0 Å². The van der Waals surface area contributed by atoms with Gasteiger partial charge in [-0.1, -0.05) is 22.0 Å². The molecule has 2 amide bonds. The van der Waals surface area contributed by atoms with Gasteiger partial charge >= 0.3 is 0 Å². The van der Waals surface area contributed by atoms with Gasteiger partial charge in [0.15, 0.2) is 5.11 Å². The summed E-state index contributed by atoms with van der Waals surface area (Å²) in [4.78, 5) is 23.1. The third-order valence-corrected chi connectivity index (χ3v) is 3.47. The van der Waals surface area contributed by atoms with E-state index in [-0.39, 0.29) is 11.0 Å². The molecule has 2 aromatic carbocycles. The van der Waals surface area contributed by atoms with Gasteiger partial charge in [-0.25, -0.2) is 0 Å². The van der Waals surface area contributed by atoms with E-state index >= 15 is 0 Å². The third-order valence-electron chi connectivity index (χ3n) is 2.74. The smallest absolute Gasteiger partial charge is 0.257 e.